The van der Waals surface area contributed by atoms with Crippen LogP contribution in [0.4, 0.5) is 4.79 Å². The molecule has 0 radical (unpaired) electrons. The van der Waals surface area contributed by atoms with Crippen LogP contribution in [0, 0.1) is 12.3 Å². The van der Waals surface area contributed by atoms with Gasteiger partial charge in [-0.05, 0) is 36.6 Å². The van der Waals surface area contributed by atoms with Gasteiger partial charge in [-0.3, -0.25) is 9.69 Å². The van der Waals surface area contributed by atoms with Gasteiger partial charge in [0.2, 0.25) is 0 Å². The highest BCUT2D eigenvalue weighted by Gasteiger charge is 2.38. The molecule has 1 aromatic carbocycles. The quantitative estimate of drug-likeness (QED) is 0.473. The van der Waals surface area contributed by atoms with Crippen molar-refractivity contribution in [1.29, 1.82) is 0 Å². The Labute approximate surface area is 162 Å². The second-order valence-electron chi connectivity index (χ2n) is 6.26. The standard InChI is InChI=1S/C19H18Cl2N2O3/c1-2-8-26-17-14(20)9-12(10-15(17)21)11-16-18(24)23(19(25)22-16)13-6-4-3-5-7-13/h1,9-11,13H,3-8H2,(H,22,25)/b16-11-. The molecule has 1 aliphatic carbocycles. The number of rotatable bonds is 4. The summed E-state index contributed by atoms with van der Waals surface area (Å²) in [5.41, 5.74) is 0.798. The number of amides is 3. The molecule has 3 amide bonds. The van der Waals surface area contributed by atoms with Gasteiger partial charge < -0.3 is 10.1 Å². The molecule has 2 aliphatic rings. The van der Waals surface area contributed by atoms with Crippen LogP contribution in [0.1, 0.15) is 37.7 Å². The summed E-state index contributed by atoms with van der Waals surface area (Å²) in [5, 5.41) is 3.20. The molecule has 0 spiro atoms. The van der Waals surface area contributed by atoms with Crippen molar-refractivity contribution in [1.82, 2.24) is 10.2 Å². The number of carbonyl (C=O) groups is 2. The summed E-state index contributed by atoms with van der Waals surface area (Å²) >= 11 is 12.4. The van der Waals surface area contributed by atoms with E-state index in [1.54, 1.807) is 18.2 Å². The third-order valence-electron chi connectivity index (χ3n) is 4.48. The van der Waals surface area contributed by atoms with Crippen LogP contribution in [0.2, 0.25) is 10.0 Å². The second kappa shape index (κ2) is 8.03. The molecule has 1 heterocycles. The first-order valence-electron chi connectivity index (χ1n) is 8.43. The van der Waals surface area contributed by atoms with Gasteiger partial charge in [-0.15, -0.1) is 6.42 Å². The second-order valence-corrected chi connectivity index (χ2v) is 7.08. The Morgan fingerprint density at radius 3 is 2.50 bits per heavy atom. The van der Waals surface area contributed by atoms with Gasteiger partial charge in [0.05, 0.1) is 10.0 Å². The van der Waals surface area contributed by atoms with Gasteiger partial charge in [-0.2, -0.15) is 0 Å². The van der Waals surface area contributed by atoms with Crippen molar-refractivity contribution >= 4 is 41.2 Å². The molecule has 1 N–H and O–H groups in total. The summed E-state index contributed by atoms with van der Waals surface area (Å²) in [5.74, 6) is 2.31. The number of hydrogen-bond acceptors (Lipinski definition) is 3. The van der Waals surface area contributed by atoms with Crippen LogP contribution in [-0.2, 0) is 4.79 Å². The van der Waals surface area contributed by atoms with Crippen molar-refractivity contribution in [3.05, 3.63) is 33.4 Å². The molecule has 0 atom stereocenters. The number of terminal acetylenes is 1. The number of benzene rings is 1. The molecule has 3 rings (SSSR count). The highest BCUT2D eigenvalue weighted by Crippen LogP contribution is 2.35. The molecular formula is C19H18Cl2N2O3. The lowest BCUT2D eigenvalue weighted by atomic mass is 9.94. The minimum atomic E-state index is -0.376. The van der Waals surface area contributed by atoms with Crippen molar-refractivity contribution in [2.75, 3.05) is 6.61 Å². The number of urea groups is 1. The number of ether oxygens (including phenoxy) is 1. The minimum Gasteiger partial charge on any atom is -0.478 e. The molecule has 5 nitrogen and oxygen atoms in total. The lowest BCUT2D eigenvalue weighted by molar-refractivity contribution is -0.124. The summed E-state index contributed by atoms with van der Waals surface area (Å²) in [7, 11) is 0. The lowest BCUT2D eigenvalue weighted by Crippen LogP contribution is -2.41. The average molecular weight is 393 g/mol. The van der Waals surface area contributed by atoms with Crippen molar-refractivity contribution in [2.24, 2.45) is 0 Å². The molecular weight excluding hydrogens is 375 g/mol. The first kappa shape index (κ1) is 18.6. The van der Waals surface area contributed by atoms with Gasteiger partial charge in [0.1, 0.15) is 12.3 Å². The van der Waals surface area contributed by atoms with E-state index in [4.69, 9.17) is 34.4 Å². The maximum absolute atomic E-state index is 12.7. The van der Waals surface area contributed by atoms with Crippen LogP contribution in [0.5, 0.6) is 5.75 Å². The van der Waals surface area contributed by atoms with Crippen LogP contribution in [0.25, 0.3) is 6.08 Å². The monoisotopic (exact) mass is 392 g/mol. The highest BCUT2D eigenvalue weighted by molar-refractivity contribution is 6.37. The zero-order valence-electron chi connectivity index (χ0n) is 14.1. The van der Waals surface area contributed by atoms with Gasteiger partial charge >= 0.3 is 6.03 Å². The third kappa shape index (κ3) is 3.82. The summed E-state index contributed by atoms with van der Waals surface area (Å²) < 4.78 is 5.31. The van der Waals surface area contributed by atoms with Crippen LogP contribution in [-0.4, -0.2) is 29.5 Å². The third-order valence-corrected chi connectivity index (χ3v) is 5.04. The molecule has 1 aromatic rings. The van der Waals surface area contributed by atoms with E-state index in [0.29, 0.717) is 11.3 Å². The number of carbonyl (C=O) groups excluding carboxylic acids is 2. The van der Waals surface area contributed by atoms with E-state index in [0.717, 1.165) is 32.1 Å². The number of imide groups is 1. The van der Waals surface area contributed by atoms with E-state index in [9.17, 15) is 9.59 Å². The maximum atomic E-state index is 12.7. The molecule has 1 saturated heterocycles. The predicted molar refractivity (Wildman–Crippen MR) is 101 cm³/mol. The molecule has 0 unspecified atom stereocenters. The minimum absolute atomic E-state index is 0.0335. The fourth-order valence-corrected chi connectivity index (χ4v) is 3.91. The fraction of sp³-hybridized carbons (Fsp3) is 0.368. The molecule has 2 fully saturated rings. The fourth-order valence-electron chi connectivity index (χ4n) is 3.30. The Hall–Kier alpha value is -2.16. The van der Waals surface area contributed by atoms with E-state index in [2.05, 4.69) is 11.2 Å². The molecule has 26 heavy (non-hydrogen) atoms. The molecule has 1 saturated carbocycles. The van der Waals surface area contributed by atoms with E-state index in [-0.39, 0.29) is 40.3 Å². The van der Waals surface area contributed by atoms with E-state index in [1.165, 1.54) is 4.90 Å². The van der Waals surface area contributed by atoms with Crippen molar-refractivity contribution < 1.29 is 14.3 Å². The Morgan fingerprint density at radius 1 is 1.23 bits per heavy atom. The Morgan fingerprint density at radius 2 is 1.88 bits per heavy atom. The Balaban J connectivity index is 1.83. The maximum Gasteiger partial charge on any atom is 0.329 e. The van der Waals surface area contributed by atoms with Crippen molar-refractivity contribution in [2.45, 2.75) is 38.1 Å². The summed E-state index contributed by atoms with van der Waals surface area (Å²) in [6, 6.07) is 2.80. The van der Waals surface area contributed by atoms with Gasteiger partial charge in [0.25, 0.3) is 5.91 Å². The van der Waals surface area contributed by atoms with Gasteiger partial charge in [0.15, 0.2) is 5.75 Å². The van der Waals surface area contributed by atoms with Gasteiger partial charge in [0, 0.05) is 6.04 Å². The lowest BCUT2D eigenvalue weighted by Gasteiger charge is -2.28. The van der Waals surface area contributed by atoms with E-state index < -0.39 is 0 Å². The van der Waals surface area contributed by atoms with Crippen LogP contribution in [0.15, 0.2) is 17.8 Å². The number of hydrogen-bond donors (Lipinski definition) is 1. The number of halogens is 2. The number of nitrogens with one attached hydrogen (secondary N) is 1. The summed E-state index contributed by atoms with van der Waals surface area (Å²) in [6.45, 7) is 0.0464. The van der Waals surface area contributed by atoms with Crippen LogP contribution >= 0.6 is 23.2 Å². The number of nitrogens with zero attached hydrogens (tertiary/aromatic N) is 1. The molecule has 136 valence electrons. The van der Waals surface area contributed by atoms with Crippen LogP contribution < -0.4 is 10.1 Å². The zero-order valence-corrected chi connectivity index (χ0v) is 15.6. The molecule has 0 bridgehead atoms. The Bertz CT molecular complexity index is 784. The van der Waals surface area contributed by atoms with Gasteiger partial charge in [-0.1, -0.05) is 48.4 Å². The summed E-state index contributed by atoms with van der Waals surface area (Å²) in [4.78, 5) is 26.2. The van der Waals surface area contributed by atoms with Crippen LogP contribution in [0.3, 0.4) is 0 Å². The molecule has 1 aliphatic heterocycles. The predicted octanol–water partition coefficient (Wildman–Crippen LogP) is 4.23. The van der Waals surface area contributed by atoms with Crippen molar-refractivity contribution in [3.63, 3.8) is 0 Å². The smallest absolute Gasteiger partial charge is 0.329 e. The molecule has 7 heteroatoms. The van der Waals surface area contributed by atoms with Gasteiger partial charge in [-0.25, -0.2) is 4.79 Å². The molecule has 0 aromatic heterocycles. The Kier molecular flexibility index (Phi) is 5.75. The van der Waals surface area contributed by atoms with E-state index in [1.807, 2.05) is 0 Å². The van der Waals surface area contributed by atoms with Crippen molar-refractivity contribution in [3.8, 4) is 18.1 Å². The first-order chi connectivity index (χ1) is 12.5. The first-order valence-corrected chi connectivity index (χ1v) is 9.18. The SMILES string of the molecule is C#CCOc1c(Cl)cc(/C=C2\NC(=O)N(C3CCCCC3)C2=O)cc1Cl. The normalized spacial score (nSPS) is 19.6. The largest absolute Gasteiger partial charge is 0.478 e. The van der Waals surface area contributed by atoms with E-state index >= 15 is 0 Å². The topological polar surface area (TPSA) is 58.6 Å². The highest BCUT2D eigenvalue weighted by atomic mass is 35.5. The summed E-state index contributed by atoms with van der Waals surface area (Å²) in [6.07, 6.45) is 11.6. The average Bonchev–Trinajstić information content (AvgIpc) is 2.88. The zero-order chi connectivity index (χ0) is 18.7.